The summed E-state index contributed by atoms with van der Waals surface area (Å²) in [7, 11) is 0. The maximum Gasteiger partial charge on any atom is 0.0726 e. The molecule has 270 valence electrons. The summed E-state index contributed by atoms with van der Waals surface area (Å²) in [5.74, 6) is 0. The number of benzene rings is 9. The summed E-state index contributed by atoms with van der Waals surface area (Å²) >= 11 is 13.2. The largest absolute Gasteiger partial charge is 0.0826 e. The highest BCUT2D eigenvalue weighted by Gasteiger charge is 2.53. The van der Waals surface area contributed by atoms with E-state index in [-0.39, 0.29) is 22.3 Å². The third kappa shape index (κ3) is 4.92. The summed E-state index contributed by atoms with van der Waals surface area (Å²) in [5.41, 5.74) is -2.74. The van der Waals surface area contributed by atoms with E-state index in [2.05, 4.69) is 0 Å². The van der Waals surface area contributed by atoms with Crippen LogP contribution in [-0.2, 0) is 29.0 Å². The molecule has 0 fully saturated rings. The molecule has 0 N–H and O–H groups in total. The van der Waals surface area contributed by atoms with E-state index in [1.807, 2.05) is 0 Å². The van der Waals surface area contributed by atoms with Crippen LogP contribution in [0.15, 0.2) is 218 Å². The van der Waals surface area contributed by atoms with Gasteiger partial charge >= 0.3 is 0 Å². The Morgan fingerprint density at radius 3 is 1.30 bits per heavy atom. The van der Waals surface area contributed by atoms with Crippen LogP contribution in [-0.4, -0.2) is 0 Å². The van der Waals surface area contributed by atoms with Gasteiger partial charge in [0.2, 0.25) is 0 Å². The lowest BCUT2D eigenvalue weighted by Gasteiger charge is -2.33. The van der Waals surface area contributed by atoms with E-state index >= 15 is 0 Å². The van der Waals surface area contributed by atoms with Gasteiger partial charge in [-0.3, -0.25) is 0 Å². The van der Waals surface area contributed by atoms with Crippen LogP contribution in [0.2, 0.25) is 0 Å². The molecule has 4 heteroatoms. The zero-order valence-electron chi connectivity index (χ0n) is 55.0. The van der Waals surface area contributed by atoms with E-state index in [1.54, 1.807) is 60.7 Å². The molecule has 0 aromatic heterocycles. The Balaban J connectivity index is 1.44. The van der Waals surface area contributed by atoms with Gasteiger partial charge in [-0.1, -0.05) is 229 Å². The molecule has 0 atom stereocenters. The lowest BCUT2D eigenvalue weighted by Crippen LogP contribution is -2.30. The first-order valence-corrected chi connectivity index (χ1v) is 22.9. The highest BCUT2D eigenvalue weighted by atomic mass is 32.4. The fourth-order valence-electron chi connectivity index (χ4n) is 8.03. The third-order valence-corrected chi connectivity index (χ3v) is 18.8. The van der Waals surface area contributed by atoms with Crippen molar-refractivity contribution in [3.63, 3.8) is 0 Å². The molecule has 9 aromatic rings. The number of fused-ring (bicyclic) bond motifs is 12. The Labute approximate surface area is 381 Å². The van der Waals surface area contributed by atoms with E-state index in [1.165, 1.54) is 0 Å². The average molecular weight is 825 g/mol. The predicted molar refractivity (Wildman–Crippen MR) is 252 cm³/mol. The molecular formula is C53H36P2S2. The number of hydrogen-bond acceptors (Lipinski definition) is 2. The van der Waals surface area contributed by atoms with Crippen molar-refractivity contribution >= 4 is 78.3 Å². The minimum Gasteiger partial charge on any atom is -0.0826 e. The Hall–Kier alpha value is -5.46. The highest BCUT2D eigenvalue weighted by Crippen LogP contribution is 2.64. The summed E-state index contributed by atoms with van der Waals surface area (Å²) in [6.45, 7) is 0. The molecule has 0 nitrogen and oxygen atoms in total. The molecule has 0 bridgehead atoms. The van der Waals surface area contributed by atoms with Gasteiger partial charge in [0.25, 0.3) is 0 Å². The molecule has 0 unspecified atom stereocenters. The molecule has 0 radical (unpaired) electrons. The normalized spacial score (nSPS) is 19.9. The molecule has 11 rings (SSSR count). The van der Waals surface area contributed by atoms with Gasteiger partial charge in [0, 0.05) is 12.1 Å². The van der Waals surface area contributed by atoms with Gasteiger partial charge in [0.05, 0.1) is 41.1 Å². The van der Waals surface area contributed by atoms with Crippen molar-refractivity contribution in [1.82, 2.24) is 0 Å². The Bertz CT molecular complexity index is 4190. The summed E-state index contributed by atoms with van der Waals surface area (Å²) in [6.07, 6.45) is 0. The van der Waals surface area contributed by atoms with Crippen LogP contribution in [0, 0.1) is 0 Å². The van der Waals surface area contributed by atoms with Gasteiger partial charge < -0.3 is 0 Å². The predicted octanol–water partition coefficient (Wildman–Crippen LogP) is 10.7. The van der Waals surface area contributed by atoms with E-state index in [0.29, 0.717) is 21.9 Å². The monoisotopic (exact) mass is 824 g/mol. The van der Waals surface area contributed by atoms with Gasteiger partial charge in [0.1, 0.15) is 0 Å². The molecule has 0 amide bonds. The maximum atomic E-state index is 10.8. The first kappa shape index (κ1) is 17.2. The Morgan fingerprint density at radius 1 is 0.368 bits per heavy atom. The lowest BCUT2D eigenvalue weighted by molar-refractivity contribution is 0.796. The van der Waals surface area contributed by atoms with Crippen molar-refractivity contribution in [1.29, 1.82) is 0 Å². The average Bonchev–Trinajstić information content (AvgIpc) is 1.52. The lowest BCUT2D eigenvalue weighted by atomic mass is 9.70. The van der Waals surface area contributed by atoms with Crippen molar-refractivity contribution in [3.8, 4) is 22.3 Å². The fourth-order valence-corrected chi connectivity index (χ4v) is 13.7. The van der Waals surface area contributed by atoms with E-state index < -0.39 is 218 Å². The molecule has 2 aliphatic rings. The maximum absolute atomic E-state index is 10.8. The van der Waals surface area contributed by atoms with Crippen LogP contribution in [0.3, 0.4) is 0 Å². The molecule has 0 heterocycles. The molecule has 1 spiro atoms. The van der Waals surface area contributed by atoms with Crippen LogP contribution in [0.1, 0.15) is 57.9 Å². The molecule has 57 heavy (non-hydrogen) atoms. The van der Waals surface area contributed by atoms with Crippen molar-refractivity contribution in [2.75, 3.05) is 0 Å². The zero-order chi connectivity index (χ0) is 60.8. The minimum atomic E-state index is -5.15. The molecule has 9 aromatic carbocycles. The van der Waals surface area contributed by atoms with Gasteiger partial charge in [-0.25, -0.2) is 0 Å². The van der Waals surface area contributed by atoms with Crippen LogP contribution in [0.25, 0.3) is 33.0 Å². The summed E-state index contributed by atoms with van der Waals surface area (Å²) in [4.78, 5) is 0. The molecule has 0 saturated heterocycles. The highest BCUT2D eigenvalue weighted by molar-refractivity contribution is 8.26. The Kier molecular flexibility index (Phi) is 4.01. The third-order valence-electron chi connectivity index (χ3n) is 10.4. The van der Waals surface area contributed by atoms with Crippen molar-refractivity contribution in [2.24, 2.45) is 0 Å². The summed E-state index contributed by atoms with van der Waals surface area (Å²) in [6, 6.07) is -18.6. The second-order valence-corrected chi connectivity index (χ2v) is 21.5. The van der Waals surface area contributed by atoms with E-state index in [9.17, 15) is 19.2 Å². The number of rotatable bonds is 6. The molecule has 0 aliphatic heterocycles. The van der Waals surface area contributed by atoms with E-state index in [0.717, 1.165) is 0 Å². The van der Waals surface area contributed by atoms with E-state index in [4.69, 9.17) is 40.1 Å². The molecule has 0 saturated carbocycles. The van der Waals surface area contributed by atoms with Crippen LogP contribution < -0.4 is 31.8 Å². The van der Waals surface area contributed by atoms with Crippen molar-refractivity contribution < 1.29 is 35.6 Å². The number of hydrogen-bond donors (Lipinski definition) is 0. The zero-order valence-corrected chi connectivity index (χ0v) is 32.4. The smallest absolute Gasteiger partial charge is 0.0726 e. The van der Waals surface area contributed by atoms with Gasteiger partial charge in [0.15, 0.2) is 0 Å². The first-order valence-electron chi connectivity index (χ1n) is 30.3. The van der Waals surface area contributed by atoms with Crippen molar-refractivity contribution in [2.45, 2.75) is 5.41 Å². The van der Waals surface area contributed by atoms with Crippen LogP contribution in [0.5, 0.6) is 0 Å². The molecule has 2 aliphatic carbocycles. The second-order valence-electron chi connectivity index (χ2n) is 13.1. The topological polar surface area (TPSA) is 0 Å². The Morgan fingerprint density at radius 2 is 0.807 bits per heavy atom. The van der Waals surface area contributed by atoms with Crippen LogP contribution >= 0.6 is 12.1 Å². The van der Waals surface area contributed by atoms with Gasteiger partial charge in [-0.15, -0.1) is 0 Å². The van der Waals surface area contributed by atoms with Gasteiger partial charge in [-0.2, -0.15) is 0 Å². The molecular weight excluding hydrogens is 763 g/mol. The van der Waals surface area contributed by atoms with Crippen molar-refractivity contribution in [3.05, 3.63) is 240 Å². The summed E-state index contributed by atoms with van der Waals surface area (Å²) < 4.78 is 242. The fraction of sp³-hybridized carbons (Fsp3) is 0.0189. The van der Waals surface area contributed by atoms with Crippen LogP contribution in [0.4, 0.5) is 0 Å². The SMILES string of the molecule is [2H]c1c([2H])c([2H])c(P(=S)(c2c([2H])c([2H])c([2H])c([2H])c2[2H])c2c([2H])c([2H])c3c(c2[2H])C2(c4ccccc4-c4c2ccc2ccccc42)c2c([2H])c(P(=S)(c4c([2H])c([2H])c([2H])c([2H])c4[2H])c4c([2H])c([2H])c([2H])c([2H])c4[2H])c([2H])c([2H])c2-3)c([2H])c1[2H]. The first-order chi connectivity index (χ1) is 38.8. The summed E-state index contributed by atoms with van der Waals surface area (Å²) in [5, 5.41) is -3.72. The standard InChI is InChI=1S/C53H36P2S2/c56-54(38-18-5-1-6-19-38,39-20-7-2-8-21-39)42-30-32-45-46-33-31-43(55(57,40-22-9-3-10-23-40)41-24-11-4-12-25-41)36-51(46)53(50(45)35-42)48-28-16-15-27-47(48)52-44-26-14-13-17-37(44)29-34-49(52)53/h1-36H/i1D,2D,3D,4D,5D,6D,7D,8D,9D,10D,11D,12D,18D,19D,20D,21D,22D,23D,24D,25D,30D,31D,32D,33D,35D,36D. The quantitative estimate of drug-likeness (QED) is 0.153. The second kappa shape index (κ2) is 13.3. The minimum absolute atomic E-state index is 0.192. The van der Waals surface area contributed by atoms with Gasteiger partial charge in [-0.05, 0) is 99.2 Å².